The highest BCUT2D eigenvalue weighted by molar-refractivity contribution is 5.85. The van der Waals surface area contributed by atoms with Gasteiger partial charge in [-0.1, -0.05) is 60.3 Å². The van der Waals surface area contributed by atoms with E-state index in [4.69, 9.17) is 9.84 Å². The third-order valence-corrected chi connectivity index (χ3v) is 5.68. The van der Waals surface area contributed by atoms with Crippen molar-refractivity contribution in [1.82, 2.24) is 5.32 Å². The number of carbonyl (C=O) groups is 2. The maximum Gasteiger partial charge on any atom is 0.306 e. The van der Waals surface area contributed by atoms with Crippen LogP contribution in [0.3, 0.4) is 0 Å². The Hall–Kier alpha value is -0.940. The van der Waals surface area contributed by atoms with E-state index in [0.717, 1.165) is 31.4 Å². The van der Waals surface area contributed by atoms with Gasteiger partial charge in [-0.05, 0) is 43.6 Å². The van der Waals surface area contributed by atoms with Crippen LogP contribution in [0.25, 0.3) is 0 Å². The molecular formula is C23H45NO4. The number of hydrogen-bond donors (Lipinski definition) is 2. The van der Waals surface area contributed by atoms with Gasteiger partial charge in [-0.3, -0.25) is 9.59 Å². The fourth-order valence-electron chi connectivity index (χ4n) is 3.13. The van der Waals surface area contributed by atoms with Gasteiger partial charge < -0.3 is 15.2 Å². The van der Waals surface area contributed by atoms with E-state index in [9.17, 15) is 9.59 Å². The van der Waals surface area contributed by atoms with Crippen LogP contribution >= 0.6 is 0 Å². The van der Waals surface area contributed by atoms with Crippen LogP contribution in [0.1, 0.15) is 86.0 Å². The van der Waals surface area contributed by atoms with Gasteiger partial charge in [0.2, 0.25) is 0 Å². The number of carboxylic acid groups (broad SMARTS) is 1. The summed E-state index contributed by atoms with van der Waals surface area (Å²) in [6, 6.07) is 0. The van der Waals surface area contributed by atoms with Crippen molar-refractivity contribution in [3.63, 3.8) is 0 Å². The Kier molecular flexibility index (Phi) is 16.4. The molecule has 166 valence electrons. The van der Waals surface area contributed by atoms with Crippen molar-refractivity contribution < 1.29 is 19.4 Å². The minimum absolute atomic E-state index is 0.0359. The lowest BCUT2D eigenvalue weighted by molar-refractivity contribution is -0.143. The van der Waals surface area contributed by atoms with E-state index >= 15 is 0 Å². The lowest BCUT2D eigenvalue weighted by atomic mass is 9.91. The van der Waals surface area contributed by atoms with Crippen LogP contribution in [0, 0.1) is 23.7 Å². The number of hydrogen-bond acceptors (Lipinski definition) is 4. The first-order valence-electron chi connectivity index (χ1n) is 11.3. The van der Waals surface area contributed by atoms with E-state index in [-0.39, 0.29) is 18.7 Å². The molecule has 0 aliphatic heterocycles. The molecule has 0 saturated heterocycles. The maximum absolute atomic E-state index is 11.8. The van der Waals surface area contributed by atoms with Crippen LogP contribution in [0.15, 0.2) is 0 Å². The van der Waals surface area contributed by atoms with Crippen molar-refractivity contribution in [2.24, 2.45) is 23.7 Å². The molecule has 5 nitrogen and oxygen atoms in total. The largest absolute Gasteiger partial charge is 0.481 e. The molecule has 2 N–H and O–H groups in total. The van der Waals surface area contributed by atoms with Gasteiger partial charge in [0.1, 0.15) is 5.78 Å². The summed E-state index contributed by atoms with van der Waals surface area (Å²) in [6.07, 6.45) is 7.91. The lowest BCUT2D eigenvalue weighted by Gasteiger charge is -2.17. The fraction of sp³-hybridized carbons (Fsp3) is 0.913. The Morgan fingerprint density at radius 1 is 0.929 bits per heavy atom. The Bertz CT molecular complexity index is 413. The zero-order valence-electron chi connectivity index (χ0n) is 19.0. The van der Waals surface area contributed by atoms with E-state index in [1.54, 1.807) is 6.92 Å². The van der Waals surface area contributed by atoms with E-state index in [2.05, 4.69) is 33.0 Å². The summed E-state index contributed by atoms with van der Waals surface area (Å²) < 4.78 is 5.76. The quantitative estimate of drug-likeness (QED) is 0.301. The van der Waals surface area contributed by atoms with Crippen LogP contribution in [-0.2, 0) is 14.3 Å². The van der Waals surface area contributed by atoms with Gasteiger partial charge in [0.15, 0.2) is 0 Å². The summed E-state index contributed by atoms with van der Waals surface area (Å²) in [7, 11) is 0. The monoisotopic (exact) mass is 399 g/mol. The van der Waals surface area contributed by atoms with Crippen LogP contribution < -0.4 is 5.32 Å². The van der Waals surface area contributed by atoms with Gasteiger partial charge in [0.25, 0.3) is 0 Å². The van der Waals surface area contributed by atoms with Crippen molar-refractivity contribution in [2.75, 3.05) is 26.3 Å². The van der Waals surface area contributed by atoms with Crippen molar-refractivity contribution in [3.8, 4) is 0 Å². The number of nitrogens with one attached hydrogen (secondary N) is 1. The zero-order valence-corrected chi connectivity index (χ0v) is 19.0. The van der Waals surface area contributed by atoms with Crippen LogP contribution in [0.5, 0.6) is 0 Å². The molecule has 0 aliphatic carbocycles. The zero-order chi connectivity index (χ0) is 21.4. The minimum Gasteiger partial charge on any atom is -0.481 e. The van der Waals surface area contributed by atoms with Gasteiger partial charge in [0.05, 0.1) is 12.5 Å². The average molecular weight is 400 g/mol. The molecule has 0 rings (SSSR count). The molecule has 0 spiro atoms. The molecule has 0 aromatic rings. The minimum atomic E-state index is -0.886. The van der Waals surface area contributed by atoms with Crippen LogP contribution in [-0.4, -0.2) is 43.2 Å². The molecule has 0 fully saturated rings. The van der Waals surface area contributed by atoms with Crippen LogP contribution in [0.4, 0.5) is 0 Å². The Balaban J connectivity index is 3.59. The molecule has 0 bridgehead atoms. The number of carbonyl (C=O) groups excluding carboxylic acids is 1. The highest BCUT2D eigenvalue weighted by Gasteiger charge is 2.18. The number of ketones is 1. The van der Waals surface area contributed by atoms with E-state index in [1.807, 2.05) is 0 Å². The first kappa shape index (κ1) is 27.1. The maximum atomic E-state index is 11.8. The Morgan fingerprint density at radius 2 is 1.54 bits per heavy atom. The highest BCUT2D eigenvalue weighted by atomic mass is 16.5. The third-order valence-electron chi connectivity index (χ3n) is 5.68. The second kappa shape index (κ2) is 17.0. The topological polar surface area (TPSA) is 75.6 Å². The molecule has 0 amide bonds. The molecule has 0 aromatic carbocycles. The van der Waals surface area contributed by atoms with Crippen molar-refractivity contribution in [3.05, 3.63) is 0 Å². The molecule has 28 heavy (non-hydrogen) atoms. The average Bonchev–Trinajstić information content (AvgIpc) is 2.67. The first-order chi connectivity index (χ1) is 13.3. The molecular weight excluding hydrogens is 354 g/mol. The van der Waals surface area contributed by atoms with E-state index in [1.165, 1.54) is 32.1 Å². The molecule has 0 radical (unpaired) electrons. The number of Topliss-reactive ketones (excluding diaryl/α,β-unsaturated/α-hetero) is 1. The highest BCUT2D eigenvalue weighted by Crippen LogP contribution is 2.20. The van der Waals surface area contributed by atoms with Gasteiger partial charge >= 0.3 is 5.97 Å². The normalized spacial score (nSPS) is 15.8. The van der Waals surface area contributed by atoms with E-state index < -0.39 is 11.9 Å². The third kappa shape index (κ3) is 15.0. The Labute approximate surface area is 173 Å². The SMILES string of the molecule is CCC(C)CCC(C)CCC(C)COCCCNCC(=O)CC(CC)C(=O)O. The molecule has 4 unspecified atom stereocenters. The molecule has 4 atom stereocenters. The molecule has 5 heteroatoms. The van der Waals surface area contributed by atoms with Gasteiger partial charge in [-0.25, -0.2) is 0 Å². The summed E-state index contributed by atoms with van der Waals surface area (Å²) in [5, 5.41) is 12.1. The van der Waals surface area contributed by atoms with Crippen molar-refractivity contribution in [2.45, 2.75) is 86.0 Å². The van der Waals surface area contributed by atoms with Crippen molar-refractivity contribution >= 4 is 11.8 Å². The second-order valence-electron chi connectivity index (χ2n) is 8.67. The number of aliphatic carboxylic acids is 1. The number of ether oxygens (including phenoxy) is 1. The first-order valence-corrected chi connectivity index (χ1v) is 11.3. The van der Waals surface area contributed by atoms with Crippen molar-refractivity contribution in [1.29, 1.82) is 0 Å². The molecule has 0 aliphatic rings. The van der Waals surface area contributed by atoms with E-state index in [0.29, 0.717) is 18.9 Å². The molecule has 0 saturated carbocycles. The molecule has 0 aromatic heterocycles. The second-order valence-corrected chi connectivity index (χ2v) is 8.67. The summed E-state index contributed by atoms with van der Waals surface area (Å²) in [5.41, 5.74) is 0. The standard InChI is InChI=1S/C23H45NO4/c1-6-18(3)9-10-19(4)11-12-20(5)17-28-14-8-13-24-16-22(25)15-21(7-2)23(26)27/h18-21,24H,6-17H2,1-5H3,(H,26,27). The fourth-order valence-corrected chi connectivity index (χ4v) is 3.13. The summed E-state index contributed by atoms with van der Waals surface area (Å²) in [6.45, 7) is 13.5. The van der Waals surface area contributed by atoms with Crippen LogP contribution in [0.2, 0.25) is 0 Å². The number of rotatable bonds is 19. The van der Waals surface area contributed by atoms with Gasteiger partial charge in [-0.15, -0.1) is 0 Å². The molecule has 0 heterocycles. The summed E-state index contributed by atoms with van der Waals surface area (Å²) in [4.78, 5) is 22.7. The number of carboxylic acids is 1. The summed E-state index contributed by atoms with van der Waals surface area (Å²) in [5.74, 6) is 0.748. The van der Waals surface area contributed by atoms with Gasteiger partial charge in [0, 0.05) is 19.6 Å². The smallest absolute Gasteiger partial charge is 0.306 e. The predicted molar refractivity (Wildman–Crippen MR) is 116 cm³/mol. The van der Waals surface area contributed by atoms with Gasteiger partial charge in [-0.2, -0.15) is 0 Å². The lowest BCUT2D eigenvalue weighted by Crippen LogP contribution is -2.28. The summed E-state index contributed by atoms with van der Waals surface area (Å²) >= 11 is 0. The Morgan fingerprint density at radius 3 is 2.11 bits per heavy atom. The predicted octanol–water partition coefficient (Wildman–Crippen LogP) is 4.93.